The van der Waals surface area contributed by atoms with Crippen molar-refractivity contribution in [1.29, 1.82) is 0 Å². The van der Waals surface area contributed by atoms with E-state index in [-0.39, 0.29) is 6.04 Å². The van der Waals surface area contributed by atoms with Crippen LogP contribution in [0.3, 0.4) is 0 Å². The van der Waals surface area contributed by atoms with Crippen molar-refractivity contribution >= 4 is 21.6 Å². The molecular weight excluding hydrogens is 360 g/mol. The third-order valence-corrected chi connectivity index (χ3v) is 7.73. The van der Waals surface area contributed by atoms with Crippen LogP contribution in [0, 0.1) is 19.8 Å². The lowest BCUT2D eigenvalue weighted by atomic mass is 10.1. The smallest absolute Gasteiger partial charge is 0.241 e. The first-order valence-corrected chi connectivity index (χ1v) is 10.8. The van der Waals surface area contributed by atoms with E-state index in [1.54, 1.807) is 19.1 Å². The molecule has 4 rings (SSSR count). The van der Waals surface area contributed by atoms with Crippen molar-refractivity contribution in [3.8, 4) is 0 Å². The van der Waals surface area contributed by atoms with Crippen LogP contribution >= 0.6 is 11.6 Å². The van der Waals surface area contributed by atoms with Gasteiger partial charge < -0.3 is 4.74 Å². The molecule has 0 unspecified atom stereocenters. The van der Waals surface area contributed by atoms with Gasteiger partial charge in [-0.05, 0) is 62.3 Å². The number of nitrogens with zero attached hydrogens (tertiary/aromatic N) is 1. The van der Waals surface area contributed by atoms with E-state index < -0.39 is 10.0 Å². The molecule has 0 amide bonds. The molecule has 3 aliphatic rings. The van der Waals surface area contributed by atoms with E-state index in [1.165, 1.54) is 12.8 Å². The van der Waals surface area contributed by atoms with Gasteiger partial charge in [-0.3, -0.25) is 4.90 Å². The van der Waals surface area contributed by atoms with Gasteiger partial charge in [0, 0.05) is 30.2 Å². The highest BCUT2D eigenvalue weighted by molar-refractivity contribution is 7.89. The maximum atomic E-state index is 12.9. The fraction of sp³-hybridized carbons (Fsp3) is 0.667. The lowest BCUT2D eigenvalue weighted by molar-refractivity contribution is -0.0581. The molecule has 3 atom stereocenters. The van der Waals surface area contributed by atoms with Gasteiger partial charge >= 0.3 is 0 Å². The second kappa shape index (κ2) is 6.50. The van der Waals surface area contributed by atoms with Crippen LogP contribution in [0.15, 0.2) is 17.0 Å². The molecule has 5 nitrogen and oxygen atoms in total. The number of hydrogen-bond acceptors (Lipinski definition) is 4. The Kier molecular flexibility index (Phi) is 4.61. The van der Waals surface area contributed by atoms with Gasteiger partial charge in [-0.1, -0.05) is 11.6 Å². The van der Waals surface area contributed by atoms with Gasteiger partial charge in [-0.2, -0.15) is 0 Å². The highest BCUT2D eigenvalue weighted by Gasteiger charge is 2.43. The minimum atomic E-state index is -3.55. The van der Waals surface area contributed by atoms with E-state index in [9.17, 15) is 8.42 Å². The number of halogens is 1. The number of aryl methyl sites for hydroxylation is 2. The Morgan fingerprint density at radius 1 is 1.20 bits per heavy atom. The molecule has 0 bridgehead atoms. The molecule has 0 spiro atoms. The third-order valence-electron chi connectivity index (χ3n) is 5.66. The molecular formula is C18H25ClN2O3S. The van der Waals surface area contributed by atoms with Crippen molar-refractivity contribution in [3.05, 3.63) is 28.3 Å². The summed E-state index contributed by atoms with van der Waals surface area (Å²) in [6, 6.07) is 3.65. The summed E-state index contributed by atoms with van der Waals surface area (Å²) in [5.74, 6) is 0.719. The van der Waals surface area contributed by atoms with Crippen LogP contribution in [-0.4, -0.2) is 51.2 Å². The lowest BCUT2D eigenvalue weighted by Crippen LogP contribution is -2.47. The van der Waals surface area contributed by atoms with Gasteiger partial charge in [0.15, 0.2) is 0 Å². The highest BCUT2D eigenvalue weighted by atomic mass is 35.5. The van der Waals surface area contributed by atoms with Gasteiger partial charge in [0.1, 0.15) is 0 Å². The molecule has 2 aliphatic heterocycles. The molecule has 7 heteroatoms. The summed E-state index contributed by atoms with van der Waals surface area (Å²) in [7, 11) is -3.55. The van der Waals surface area contributed by atoms with Crippen molar-refractivity contribution in [3.63, 3.8) is 0 Å². The summed E-state index contributed by atoms with van der Waals surface area (Å²) in [5, 5.41) is 0.595. The van der Waals surface area contributed by atoms with Gasteiger partial charge in [-0.25, -0.2) is 13.1 Å². The Morgan fingerprint density at radius 2 is 1.96 bits per heavy atom. The van der Waals surface area contributed by atoms with Crippen LogP contribution in [0.4, 0.5) is 0 Å². The van der Waals surface area contributed by atoms with Crippen LogP contribution in [0.1, 0.15) is 30.4 Å². The fourth-order valence-electron chi connectivity index (χ4n) is 4.07. The molecule has 2 saturated heterocycles. The van der Waals surface area contributed by atoms with Gasteiger partial charge in [-0.15, -0.1) is 0 Å². The van der Waals surface area contributed by atoms with Crippen LogP contribution in [0.25, 0.3) is 0 Å². The van der Waals surface area contributed by atoms with Crippen LogP contribution in [-0.2, 0) is 14.8 Å². The minimum Gasteiger partial charge on any atom is -0.375 e. The second-order valence-electron chi connectivity index (χ2n) is 7.74. The lowest BCUT2D eigenvalue weighted by Gasteiger charge is -2.35. The molecule has 138 valence electrons. The zero-order chi connectivity index (χ0) is 17.8. The van der Waals surface area contributed by atoms with Crippen molar-refractivity contribution in [2.45, 2.75) is 56.2 Å². The molecule has 1 saturated carbocycles. The molecule has 3 fully saturated rings. The summed E-state index contributed by atoms with van der Waals surface area (Å²) >= 11 is 6.10. The standard InChI is InChI=1S/C18H25ClN2O3S/c1-11-6-18(12(2)5-16(11)19)25(22,23)20-14-7-15-10-24-17(13-3-4-13)9-21(15)8-14/h5-6,13-15,17,20H,3-4,7-10H2,1-2H3/t14-,15+,17+/m1/s1. The topological polar surface area (TPSA) is 58.6 Å². The van der Waals surface area contributed by atoms with E-state index in [2.05, 4.69) is 9.62 Å². The second-order valence-corrected chi connectivity index (χ2v) is 9.83. The monoisotopic (exact) mass is 384 g/mol. The predicted molar refractivity (Wildman–Crippen MR) is 97.5 cm³/mol. The van der Waals surface area contributed by atoms with Crippen molar-refractivity contribution < 1.29 is 13.2 Å². The molecule has 1 N–H and O–H groups in total. The van der Waals surface area contributed by atoms with E-state index in [0.29, 0.717) is 27.6 Å². The Labute approximate surface area is 154 Å². The van der Waals surface area contributed by atoms with Crippen molar-refractivity contribution in [1.82, 2.24) is 9.62 Å². The average Bonchev–Trinajstić information content (AvgIpc) is 3.30. The Morgan fingerprint density at radius 3 is 2.68 bits per heavy atom. The summed E-state index contributed by atoms with van der Waals surface area (Å²) < 4.78 is 34.6. The quantitative estimate of drug-likeness (QED) is 0.866. The average molecular weight is 385 g/mol. The zero-order valence-electron chi connectivity index (χ0n) is 14.7. The Hall–Kier alpha value is -0.660. The van der Waals surface area contributed by atoms with Crippen molar-refractivity contribution in [2.24, 2.45) is 5.92 Å². The summed E-state index contributed by atoms with van der Waals surface area (Å²) in [6.45, 7) is 6.03. The van der Waals surface area contributed by atoms with Crippen LogP contribution in [0.5, 0.6) is 0 Å². The van der Waals surface area contributed by atoms with Gasteiger partial charge in [0.25, 0.3) is 0 Å². The predicted octanol–water partition coefficient (Wildman–Crippen LogP) is 2.49. The summed E-state index contributed by atoms with van der Waals surface area (Å²) in [4.78, 5) is 2.73. The fourth-order valence-corrected chi connectivity index (χ4v) is 5.83. The molecule has 1 aliphatic carbocycles. The van der Waals surface area contributed by atoms with Gasteiger partial charge in [0.2, 0.25) is 10.0 Å². The first kappa shape index (κ1) is 17.7. The minimum absolute atomic E-state index is 0.0630. The maximum absolute atomic E-state index is 12.9. The molecule has 0 aromatic heterocycles. The van der Waals surface area contributed by atoms with Gasteiger partial charge in [0.05, 0.1) is 17.6 Å². The van der Waals surface area contributed by atoms with Crippen LogP contribution < -0.4 is 4.72 Å². The first-order valence-electron chi connectivity index (χ1n) is 8.98. The number of nitrogens with one attached hydrogen (secondary N) is 1. The Bertz CT molecular complexity index is 779. The Balaban J connectivity index is 1.46. The number of fused-ring (bicyclic) bond motifs is 1. The first-order chi connectivity index (χ1) is 11.8. The number of morpholine rings is 1. The number of ether oxygens (including phenoxy) is 1. The summed E-state index contributed by atoms with van der Waals surface area (Å²) in [6.07, 6.45) is 3.69. The maximum Gasteiger partial charge on any atom is 0.241 e. The molecule has 1 aromatic rings. The number of benzene rings is 1. The van der Waals surface area contributed by atoms with E-state index in [0.717, 1.165) is 37.6 Å². The number of hydrogen-bond donors (Lipinski definition) is 1. The van der Waals surface area contributed by atoms with Crippen LogP contribution in [0.2, 0.25) is 5.02 Å². The molecule has 2 heterocycles. The third kappa shape index (κ3) is 3.60. The normalized spacial score (nSPS) is 30.4. The largest absolute Gasteiger partial charge is 0.375 e. The molecule has 0 radical (unpaired) electrons. The summed E-state index contributed by atoms with van der Waals surface area (Å²) in [5.41, 5.74) is 1.45. The van der Waals surface area contributed by atoms with E-state index >= 15 is 0 Å². The zero-order valence-corrected chi connectivity index (χ0v) is 16.2. The SMILES string of the molecule is Cc1cc(S(=O)(=O)N[C@@H]2C[C@H]3CO[C@H](C4CC4)CN3C2)c(C)cc1Cl. The molecule has 1 aromatic carbocycles. The van der Waals surface area contributed by atoms with E-state index in [1.807, 2.05) is 6.92 Å². The number of rotatable bonds is 4. The molecule has 25 heavy (non-hydrogen) atoms. The van der Waals surface area contributed by atoms with Crippen molar-refractivity contribution in [2.75, 3.05) is 19.7 Å². The highest BCUT2D eigenvalue weighted by Crippen LogP contribution is 2.38. The number of sulfonamides is 1. The van der Waals surface area contributed by atoms with E-state index in [4.69, 9.17) is 16.3 Å².